The molecule has 6 nitrogen and oxygen atoms in total. The highest BCUT2D eigenvalue weighted by atomic mass is 16.5. The molecule has 0 N–H and O–H groups in total. The van der Waals surface area contributed by atoms with Crippen LogP contribution >= 0.6 is 0 Å². The number of methoxy groups -OCH3 is 1. The van der Waals surface area contributed by atoms with Gasteiger partial charge in [-0.25, -0.2) is 0 Å². The second-order valence-electron chi connectivity index (χ2n) is 6.39. The molecule has 1 amide bonds. The molecule has 1 aliphatic heterocycles. The third kappa shape index (κ3) is 4.00. The van der Waals surface area contributed by atoms with Crippen LogP contribution in [0, 0.1) is 0 Å². The summed E-state index contributed by atoms with van der Waals surface area (Å²) in [5.41, 5.74) is 0.870. The molecule has 25 heavy (non-hydrogen) atoms. The summed E-state index contributed by atoms with van der Waals surface area (Å²) >= 11 is 0. The van der Waals surface area contributed by atoms with Gasteiger partial charge in [0.2, 0.25) is 17.6 Å². The Hall–Kier alpha value is -2.37. The van der Waals surface area contributed by atoms with Crippen molar-refractivity contribution in [2.75, 3.05) is 13.7 Å². The Kier molecular flexibility index (Phi) is 5.68. The van der Waals surface area contributed by atoms with Crippen molar-refractivity contribution in [1.82, 2.24) is 15.0 Å². The van der Waals surface area contributed by atoms with E-state index in [9.17, 15) is 4.79 Å². The number of unbranched alkanes of at least 4 members (excludes halogenated alkanes) is 2. The molecule has 1 aromatic heterocycles. The van der Waals surface area contributed by atoms with Crippen molar-refractivity contribution >= 4 is 5.91 Å². The summed E-state index contributed by atoms with van der Waals surface area (Å²) in [5, 5.41) is 4.09. The molecule has 1 unspecified atom stereocenters. The van der Waals surface area contributed by atoms with Crippen molar-refractivity contribution in [3.05, 3.63) is 30.2 Å². The fraction of sp³-hybridized carbons (Fsp3) is 0.526. The molecular weight excluding hydrogens is 318 g/mol. The number of benzene rings is 1. The molecule has 0 radical (unpaired) electrons. The van der Waals surface area contributed by atoms with Crippen LogP contribution in [0.15, 0.2) is 28.8 Å². The monoisotopic (exact) mass is 343 g/mol. The number of likely N-dealkylation sites (tertiary alicyclic amines) is 1. The largest absolute Gasteiger partial charge is 0.497 e. The lowest BCUT2D eigenvalue weighted by molar-refractivity contribution is -0.132. The van der Waals surface area contributed by atoms with Crippen molar-refractivity contribution in [2.45, 2.75) is 51.5 Å². The maximum absolute atomic E-state index is 12.5. The Morgan fingerprint density at radius 1 is 1.32 bits per heavy atom. The first-order valence-corrected chi connectivity index (χ1v) is 9.00. The number of nitrogens with zero attached hydrogens (tertiary/aromatic N) is 3. The van der Waals surface area contributed by atoms with Gasteiger partial charge in [-0.1, -0.05) is 24.9 Å². The molecule has 1 atom stereocenters. The van der Waals surface area contributed by atoms with Gasteiger partial charge in [-0.05, 0) is 43.5 Å². The van der Waals surface area contributed by atoms with Crippen molar-refractivity contribution in [3.63, 3.8) is 0 Å². The molecule has 0 bridgehead atoms. The Morgan fingerprint density at radius 2 is 2.12 bits per heavy atom. The predicted octanol–water partition coefficient (Wildman–Crippen LogP) is 3.99. The van der Waals surface area contributed by atoms with Gasteiger partial charge < -0.3 is 14.2 Å². The number of amides is 1. The van der Waals surface area contributed by atoms with E-state index in [1.165, 1.54) is 0 Å². The maximum Gasteiger partial charge on any atom is 0.249 e. The lowest BCUT2D eigenvalue weighted by Crippen LogP contribution is -2.30. The highest BCUT2D eigenvalue weighted by Crippen LogP contribution is 2.33. The highest BCUT2D eigenvalue weighted by molar-refractivity contribution is 5.76. The third-order valence-electron chi connectivity index (χ3n) is 4.64. The fourth-order valence-electron chi connectivity index (χ4n) is 3.22. The van der Waals surface area contributed by atoms with E-state index in [1.807, 2.05) is 29.2 Å². The Morgan fingerprint density at radius 3 is 2.84 bits per heavy atom. The van der Waals surface area contributed by atoms with Gasteiger partial charge in [0.25, 0.3) is 0 Å². The molecule has 0 aliphatic carbocycles. The van der Waals surface area contributed by atoms with Crippen LogP contribution in [0.1, 0.15) is 57.4 Å². The number of rotatable bonds is 7. The summed E-state index contributed by atoms with van der Waals surface area (Å²) in [6.07, 6.45) is 5.61. The van der Waals surface area contributed by atoms with Gasteiger partial charge in [-0.15, -0.1) is 0 Å². The SMILES string of the molecule is CCCCCC(=O)N1CCCC1c1nc(-c2ccc(OC)cc2)no1. The van der Waals surface area contributed by atoms with Crippen molar-refractivity contribution in [3.8, 4) is 17.1 Å². The van der Waals surface area contributed by atoms with Crippen LogP contribution in [0.5, 0.6) is 5.75 Å². The number of hydrogen-bond acceptors (Lipinski definition) is 5. The van der Waals surface area contributed by atoms with Gasteiger partial charge in [-0.2, -0.15) is 4.98 Å². The standard InChI is InChI=1S/C19H25N3O3/c1-3-4-5-8-17(23)22-13-6-7-16(22)19-20-18(21-25-19)14-9-11-15(24-2)12-10-14/h9-12,16H,3-8,13H2,1-2H3. The molecule has 1 aliphatic rings. The second-order valence-corrected chi connectivity index (χ2v) is 6.39. The minimum atomic E-state index is -0.0892. The van der Waals surface area contributed by atoms with Crippen LogP contribution in [0.25, 0.3) is 11.4 Å². The first kappa shape index (κ1) is 17.5. The summed E-state index contributed by atoms with van der Waals surface area (Å²) in [6, 6.07) is 7.44. The zero-order valence-electron chi connectivity index (χ0n) is 14.9. The minimum Gasteiger partial charge on any atom is -0.497 e. The summed E-state index contributed by atoms with van der Waals surface area (Å²) < 4.78 is 10.6. The van der Waals surface area contributed by atoms with E-state index in [2.05, 4.69) is 17.1 Å². The molecule has 1 aromatic carbocycles. The third-order valence-corrected chi connectivity index (χ3v) is 4.64. The fourth-order valence-corrected chi connectivity index (χ4v) is 3.22. The topological polar surface area (TPSA) is 68.5 Å². The Labute approximate surface area is 148 Å². The zero-order valence-corrected chi connectivity index (χ0v) is 14.9. The van der Waals surface area contributed by atoms with Crippen LogP contribution in [0.4, 0.5) is 0 Å². The number of carbonyl (C=O) groups is 1. The molecule has 0 saturated carbocycles. The van der Waals surface area contributed by atoms with Gasteiger partial charge in [0.1, 0.15) is 11.8 Å². The van der Waals surface area contributed by atoms with Crippen LogP contribution in [-0.4, -0.2) is 34.6 Å². The number of ether oxygens (including phenoxy) is 1. The van der Waals surface area contributed by atoms with Gasteiger partial charge >= 0.3 is 0 Å². The molecule has 2 heterocycles. The molecule has 2 aromatic rings. The summed E-state index contributed by atoms with van der Waals surface area (Å²) in [6.45, 7) is 2.91. The van der Waals surface area contributed by atoms with Crippen LogP contribution < -0.4 is 4.74 Å². The zero-order chi connectivity index (χ0) is 17.6. The molecule has 134 valence electrons. The van der Waals surface area contributed by atoms with E-state index in [1.54, 1.807) is 7.11 Å². The first-order chi connectivity index (χ1) is 12.2. The van der Waals surface area contributed by atoms with Gasteiger partial charge in [0, 0.05) is 18.5 Å². The lowest BCUT2D eigenvalue weighted by Gasteiger charge is -2.21. The normalized spacial score (nSPS) is 17.0. The van der Waals surface area contributed by atoms with E-state index < -0.39 is 0 Å². The summed E-state index contributed by atoms with van der Waals surface area (Å²) in [5.74, 6) is 2.06. The summed E-state index contributed by atoms with van der Waals surface area (Å²) in [4.78, 5) is 18.9. The van der Waals surface area contributed by atoms with Crippen molar-refractivity contribution in [2.24, 2.45) is 0 Å². The van der Waals surface area contributed by atoms with E-state index in [0.717, 1.165) is 50.0 Å². The maximum atomic E-state index is 12.5. The quantitative estimate of drug-likeness (QED) is 0.711. The van der Waals surface area contributed by atoms with Crippen LogP contribution in [-0.2, 0) is 4.79 Å². The highest BCUT2D eigenvalue weighted by Gasteiger charge is 2.33. The minimum absolute atomic E-state index is 0.0892. The van der Waals surface area contributed by atoms with E-state index >= 15 is 0 Å². The van der Waals surface area contributed by atoms with E-state index in [-0.39, 0.29) is 11.9 Å². The van der Waals surface area contributed by atoms with Crippen molar-refractivity contribution < 1.29 is 14.1 Å². The molecule has 6 heteroatoms. The molecule has 0 spiro atoms. The predicted molar refractivity (Wildman–Crippen MR) is 94.1 cm³/mol. The van der Waals surface area contributed by atoms with Gasteiger partial charge in [0.15, 0.2) is 0 Å². The Bertz CT molecular complexity index is 696. The second kappa shape index (κ2) is 8.14. The lowest BCUT2D eigenvalue weighted by atomic mass is 10.1. The smallest absolute Gasteiger partial charge is 0.249 e. The first-order valence-electron chi connectivity index (χ1n) is 9.00. The van der Waals surface area contributed by atoms with Crippen LogP contribution in [0.2, 0.25) is 0 Å². The van der Waals surface area contributed by atoms with Gasteiger partial charge in [-0.3, -0.25) is 4.79 Å². The average Bonchev–Trinajstić information content (AvgIpc) is 3.31. The van der Waals surface area contributed by atoms with Crippen LogP contribution in [0.3, 0.4) is 0 Å². The number of hydrogen-bond donors (Lipinski definition) is 0. The molecule has 3 rings (SSSR count). The summed E-state index contributed by atoms with van der Waals surface area (Å²) in [7, 11) is 1.63. The average molecular weight is 343 g/mol. The molecule has 1 fully saturated rings. The molecular formula is C19H25N3O3. The van der Waals surface area contributed by atoms with E-state index in [4.69, 9.17) is 9.26 Å². The van der Waals surface area contributed by atoms with Gasteiger partial charge in [0.05, 0.1) is 7.11 Å². The van der Waals surface area contributed by atoms with E-state index in [0.29, 0.717) is 18.1 Å². The number of carbonyl (C=O) groups excluding carboxylic acids is 1. The molecule has 1 saturated heterocycles. The Balaban J connectivity index is 1.70. The number of aromatic nitrogens is 2. The van der Waals surface area contributed by atoms with Crippen molar-refractivity contribution in [1.29, 1.82) is 0 Å².